The molecule has 0 saturated carbocycles. The molecule has 0 aliphatic rings. The Balaban J connectivity index is 1.51. The first-order valence-corrected chi connectivity index (χ1v) is 7.85. The average Bonchev–Trinajstić information content (AvgIpc) is 3.05. The highest BCUT2D eigenvalue weighted by molar-refractivity contribution is 5.80. The number of carbonyl (C=O) groups is 1. The molecule has 124 valence electrons. The second-order valence-electron chi connectivity index (χ2n) is 5.65. The highest BCUT2D eigenvalue weighted by Crippen LogP contribution is 2.10. The van der Waals surface area contributed by atoms with Crippen molar-refractivity contribution >= 4 is 28.0 Å². The van der Waals surface area contributed by atoms with Crippen LogP contribution in [0, 0.1) is 0 Å². The molecule has 4 rings (SSSR count). The second kappa shape index (κ2) is 6.20. The van der Waals surface area contributed by atoms with Gasteiger partial charge >= 0.3 is 0 Å². The van der Waals surface area contributed by atoms with Gasteiger partial charge in [-0.3, -0.25) is 14.2 Å². The van der Waals surface area contributed by atoms with Crippen molar-refractivity contribution in [1.82, 2.24) is 24.8 Å². The number of hydrogen-bond acceptors (Lipinski definition) is 4. The number of fused-ring (bicyclic) bond motifs is 2. The zero-order chi connectivity index (χ0) is 17.2. The zero-order valence-electron chi connectivity index (χ0n) is 13.3. The number of rotatable bonds is 4. The van der Waals surface area contributed by atoms with Gasteiger partial charge in [-0.2, -0.15) is 0 Å². The van der Waals surface area contributed by atoms with Crippen molar-refractivity contribution < 1.29 is 4.79 Å². The summed E-state index contributed by atoms with van der Waals surface area (Å²) in [4.78, 5) is 36.0. The Kier molecular flexibility index (Phi) is 3.74. The molecule has 1 amide bonds. The molecular weight excluding hydrogens is 318 g/mol. The van der Waals surface area contributed by atoms with E-state index in [2.05, 4.69) is 20.3 Å². The summed E-state index contributed by atoms with van der Waals surface area (Å²) in [7, 11) is 0. The minimum Gasteiger partial charge on any atom is -0.347 e. The Morgan fingerprint density at radius 2 is 1.84 bits per heavy atom. The normalized spacial score (nSPS) is 11.0. The van der Waals surface area contributed by atoms with E-state index < -0.39 is 0 Å². The average molecular weight is 333 g/mol. The largest absolute Gasteiger partial charge is 0.347 e. The summed E-state index contributed by atoms with van der Waals surface area (Å²) in [5, 5.41) is 2.79. The summed E-state index contributed by atoms with van der Waals surface area (Å²) in [5.74, 6) is 0.403. The fraction of sp³-hybridized carbons (Fsp3) is 0.111. The number of H-pyrrole nitrogens is 1. The van der Waals surface area contributed by atoms with Crippen molar-refractivity contribution in [2.45, 2.75) is 13.1 Å². The molecular formula is C18H15N5O2. The third-order valence-electron chi connectivity index (χ3n) is 3.95. The fourth-order valence-electron chi connectivity index (χ4n) is 2.75. The van der Waals surface area contributed by atoms with Crippen LogP contribution in [-0.4, -0.2) is 25.4 Å². The lowest BCUT2D eigenvalue weighted by molar-refractivity contribution is -0.121. The number of aromatic amines is 1. The molecule has 0 bridgehead atoms. The molecule has 0 spiro atoms. The van der Waals surface area contributed by atoms with Crippen LogP contribution in [0.2, 0.25) is 0 Å². The molecule has 0 saturated heterocycles. The van der Waals surface area contributed by atoms with E-state index in [4.69, 9.17) is 0 Å². The number of imidazole rings is 1. The molecule has 0 fully saturated rings. The second-order valence-corrected chi connectivity index (χ2v) is 5.65. The van der Waals surface area contributed by atoms with Gasteiger partial charge in [-0.1, -0.05) is 24.3 Å². The van der Waals surface area contributed by atoms with Crippen LogP contribution in [0.5, 0.6) is 0 Å². The molecule has 0 atom stereocenters. The number of carbonyl (C=O) groups excluding carboxylic acids is 1. The molecule has 25 heavy (non-hydrogen) atoms. The van der Waals surface area contributed by atoms with Crippen LogP contribution in [0.15, 0.2) is 59.5 Å². The Bertz CT molecular complexity index is 1100. The van der Waals surface area contributed by atoms with Gasteiger partial charge < -0.3 is 10.3 Å². The van der Waals surface area contributed by atoms with Crippen molar-refractivity contribution in [3.63, 3.8) is 0 Å². The lowest BCUT2D eigenvalue weighted by Crippen LogP contribution is -2.32. The Morgan fingerprint density at radius 3 is 2.68 bits per heavy atom. The molecule has 7 heteroatoms. The molecule has 0 aliphatic heterocycles. The van der Waals surface area contributed by atoms with E-state index in [1.165, 1.54) is 10.8 Å². The molecule has 2 heterocycles. The predicted molar refractivity (Wildman–Crippen MR) is 93.9 cm³/mol. The monoisotopic (exact) mass is 333 g/mol. The van der Waals surface area contributed by atoms with Gasteiger partial charge in [0.25, 0.3) is 5.56 Å². The number of benzene rings is 2. The first kappa shape index (κ1) is 15.1. The summed E-state index contributed by atoms with van der Waals surface area (Å²) >= 11 is 0. The fourth-order valence-corrected chi connectivity index (χ4v) is 2.75. The van der Waals surface area contributed by atoms with Crippen molar-refractivity contribution in [3.8, 4) is 0 Å². The summed E-state index contributed by atoms with van der Waals surface area (Å²) in [6, 6.07) is 14.9. The Labute approximate surface area is 142 Å². The van der Waals surface area contributed by atoms with Crippen LogP contribution in [0.25, 0.3) is 22.1 Å². The number of hydrogen-bond donors (Lipinski definition) is 2. The number of amides is 1. The van der Waals surface area contributed by atoms with E-state index in [9.17, 15) is 9.59 Å². The van der Waals surface area contributed by atoms with Gasteiger partial charge in [0.2, 0.25) is 5.91 Å². The van der Waals surface area contributed by atoms with Crippen LogP contribution in [0.3, 0.4) is 0 Å². The van der Waals surface area contributed by atoms with E-state index in [-0.39, 0.29) is 24.6 Å². The summed E-state index contributed by atoms with van der Waals surface area (Å²) in [6.45, 7) is 0.202. The Hall–Kier alpha value is -3.48. The number of nitrogens with zero attached hydrogens (tertiary/aromatic N) is 3. The topological polar surface area (TPSA) is 92.7 Å². The van der Waals surface area contributed by atoms with Crippen LogP contribution in [0.4, 0.5) is 0 Å². The molecule has 0 radical (unpaired) electrons. The molecule has 4 aromatic rings. The summed E-state index contributed by atoms with van der Waals surface area (Å²) < 4.78 is 1.41. The van der Waals surface area contributed by atoms with Gasteiger partial charge in [0.15, 0.2) is 0 Å². The van der Waals surface area contributed by atoms with E-state index in [1.807, 2.05) is 36.4 Å². The van der Waals surface area contributed by atoms with Gasteiger partial charge in [-0.05, 0) is 24.3 Å². The maximum atomic E-state index is 12.3. The Morgan fingerprint density at radius 1 is 1.08 bits per heavy atom. The van der Waals surface area contributed by atoms with Crippen molar-refractivity contribution in [2.75, 3.05) is 0 Å². The number of aromatic nitrogens is 4. The first-order chi connectivity index (χ1) is 12.2. The third kappa shape index (κ3) is 2.99. The first-order valence-electron chi connectivity index (χ1n) is 7.85. The lowest BCUT2D eigenvalue weighted by atomic mass is 10.3. The highest BCUT2D eigenvalue weighted by Gasteiger charge is 2.09. The molecule has 2 aromatic carbocycles. The SMILES string of the molecule is O=C(Cn1c(=O)cnc2ccccc21)NCc1nc2ccccc2[nH]1. The maximum absolute atomic E-state index is 12.3. The smallest absolute Gasteiger partial charge is 0.269 e. The molecule has 2 aromatic heterocycles. The van der Waals surface area contributed by atoms with Crippen LogP contribution in [-0.2, 0) is 17.9 Å². The minimum atomic E-state index is -0.308. The van der Waals surface area contributed by atoms with E-state index in [0.29, 0.717) is 16.9 Å². The lowest BCUT2D eigenvalue weighted by Gasteiger charge is -2.09. The third-order valence-corrected chi connectivity index (χ3v) is 3.95. The van der Waals surface area contributed by atoms with E-state index in [1.54, 1.807) is 12.1 Å². The zero-order valence-corrected chi connectivity index (χ0v) is 13.3. The van der Waals surface area contributed by atoms with Gasteiger partial charge in [-0.15, -0.1) is 0 Å². The van der Waals surface area contributed by atoms with E-state index in [0.717, 1.165) is 11.0 Å². The number of nitrogens with one attached hydrogen (secondary N) is 2. The summed E-state index contributed by atoms with van der Waals surface area (Å²) in [5.41, 5.74) is 2.77. The van der Waals surface area contributed by atoms with Crippen molar-refractivity contribution in [2.24, 2.45) is 0 Å². The number of para-hydroxylation sites is 4. The molecule has 0 unspecified atom stereocenters. The van der Waals surface area contributed by atoms with Crippen molar-refractivity contribution in [1.29, 1.82) is 0 Å². The van der Waals surface area contributed by atoms with Gasteiger partial charge in [-0.25, -0.2) is 9.97 Å². The highest BCUT2D eigenvalue weighted by atomic mass is 16.2. The van der Waals surface area contributed by atoms with Crippen molar-refractivity contribution in [3.05, 3.63) is 70.9 Å². The van der Waals surface area contributed by atoms with Gasteiger partial charge in [0.05, 0.1) is 34.8 Å². The summed E-state index contributed by atoms with van der Waals surface area (Å²) in [6.07, 6.45) is 1.23. The van der Waals surface area contributed by atoms with Crippen LogP contribution >= 0.6 is 0 Å². The van der Waals surface area contributed by atoms with Gasteiger partial charge in [0.1, 0.15) is 12.4 Å². The molecule has 7 nitrogen and oxygen atoms in total. The van der Waals surface area contributed by atoms with Crippen LogP contribution in [0.1, 0.15) is 5.82 Å². The molecule has 0 aliphatic carbocycles. The maximum Gasteiger partial charge on any atom is 0.269 e. The van der Waals surface area contributed by atoms with Gasteiger partial charge in [0, 0.05) is 0 Å². The standard InChI is InChI=1S/C18H15N5O2/c24-17(20-9-16-21-12-5-1-2-6-13(12)22-16)11-23-15-8-4-3-7-14(15)19-10-18(23)25/h1-8,10H,9,11H2,(H,20,24)(H,21,22). The predicted octanol–water partition coefficient (Wildman–Crippen LogP) is 1.59. The quantitative estimate of drug-likeness (QED) is 0.593. The minimum absolute atomic E-state index is 0.0674. The van der Waals surface area contributed by atoms with E-state index >= 15 is 0 Å². The van der Waals surface area contributed by atoms with Crippen LogP contribution < -0.4 is 10.9 Å². The molecule has 2 N–H and O–H groups in total.